The Labute approximate surface area is 199 Å². The number of alkyl halides is 2. The molecule has 0 saturated carbocycles. The monoisotopic (exact) mass is 483 g/mol. The molecule has 0 saturated heterocycles. The minimum atomic E-state index is -2.49. The molecule has 0 fully saturated rings. The summed E-state index contributed by atoms with van der Waals surface area (Å²) in [5.41, 5.74) is 2.52. The van der Waals surface area contributed by atoms with Crippen LogP contribution in [0.5, 0.6) is 5.88 Å². The van der Waals surface area contributed by atoms with E-state index in [9.17, 15) is 13.6 Å². The third-order valence-corrected chi connectivity index (χ3v) is 6.58. The van der Waals surface area contributed by atoms with Crippen molar-refractivity contribution in [1.82, 2.24) is 19.9 Å². The molecule has 0 aliphatic rings. The van der Waals surface area contributed by atoms with Gasteiger partial charge in [0.2, 0.25) is 5.88 Å². The standard InChI is InChI=1S/C24H23F2N5O2S/c1-14-19-22(28-11-15-4-6-17(7-5-15)21(25)26)29-13-30-23(19)34-20(14)24(32)31(2)12-16-8-9-27-18(10-16)33-3/h4-10,13,21H,11-12H2,1-3H3,(H,28,29,30). The fraction of sp³-hybridized carbons (Fsp3) is 0.250. The minimum Gasteiger partial charge on any atom is -0.481 e. The van der Waals surface area contributed by atoms with Crippen molar-refractivity contribution < 1.29 is 18.3 Å². The normalized spacial score (nSPS) is 11.1. The fourth-order valence-electron chi connectivity index (χ4n) is 3.56. The van der Waals surface area contributed by atoms with Gasteiger partial charge >= 0.3 is 0 Å². The number of nitrogens with one attached hydrogen (secondary N) is 1. The second-order valence-electron chi connectivity index (χ2n) is 7.72. The van der Waals surface area contributed by atoms with E-state index in [-0.39, 0.29) is 11.5 Å². The highest BCUT2D eigenvalue weighted by Gasteiger charge is 2.22. The first-order chi connectivity index (χ1) is 16.4. The Bertz CT molecular complexity index is 1310. The van der Waals surface area contributed by atoms with Crippen LogP contribution >= 0.6 is 11.3 Å². The molecule has 0 unspecified atom stereocenters. The maximum absolute atomic E-state index is 13.2. The summed E-state index contributed by atoms with van der Waals surface area (Å²) >= 11 is 1.32. The van der Waals surface area contributed by atoms with Gasteiger partial charge in [0.1, 0.15) is 17.0 Å². The predicted octanol–water partition coefficient (Wildman–Crippen LogP) is 5.23. The SMILES string of the molecule is COc1cc(CN(C)C(=O)c2sc3ncnc(NCc4ccc(C(F)F)cc4)c3c2C)ccn1. The lowest BCUT2D eigenvalue weighted by molar-refractivity contribution is 0.0789. The van der Waals surface area contributed by atoms with Gasteiger partial charge in [0.25, 0.3) is 12.3 Å². The number of anilines is 1. The number of carbonyl (C=O) groups is 1. The van der Waals surface area contributed by atoms with Crippen LogP contribution in [-0.4, -0.2) is 39.9 Å². The number of carbonyl (C=O) groups excluding carboxylic acids is 1. The molecule has 176 valence electrons. The number of pyridine rings is 1. The largest absolute Gasteiger partial charge is 0.481 e. The quantitative estimate of drug-likeness (QED) is 0.370. The number of aryl methyl sites for hydroxylation is 1. The Balaban J connectivity index is 1.53. The highest BCUT2D eigenvalue weighted by atomic mass is 32.1. The molecule has 0 aliphatic heterocycles. The molecule has 34 heavy (non-hydrogen) atoms. The molecule has 10 heteroatoms. The van der Waals surface area contributed by atoms with E-state index >= 15 is 0 Å². The van der Waals surface area contributed by atoms with Gasteiger partial charge in [-0.05, 0) is 29.7 Å². The summed E-state index contributed by atoms with van der Waals surface area (Å²) in [5, 5.41) is 4.03. The van der Waals surface area contributed by atoms with Crippen LogP contribution in [0.3, 0.4) is 0 Å². The van der Waals surface area contributed by atoms with E-state index in [0.717, 1.165) is 22.1 Å². The number of nitrogens with zero attached hydrogens (tertiary/aromatic N) is 4. The summed E-state index contributed by atoms with van der Waals surface area (Å²) in [6.45, 7) is 2.68. The Morgan fingerprint density at radius 3 is 2.62 bits per heavy atom. The number of rotatable bonds is 8. The van der Waals surface area contributed by atoms with Gasteiger partial charge in [0.05, 0.1) is 17.4 Å². The van der Waals surface area contributed by atoms with E-state index in [1.165, 1.54) is 29.8 Å². The van der Waals surface area contributed by atoms with Crippen molar-refractivity contribution in [3.63, 3.8) is 0 Å². The lowest BCUT2D eigenvalue weighted by atomic mass is 10.1. The van der Waals surface area contributed by atoms with Gasteiger partial charge in [-0.1, -0.05) is 24.3 Å². The number of hydrogen-bond donors (Lipinski definition) is 1. The lowest BCUT2D eigenvalue weighted by Gasteiger charge is -2.17. The first kappa shape index (κ1) is 23.5. The molecule has 1 N–H and O–H groups in total. The van der Waals surface area contributed by atoms with E-state index < -0.39 is 6.43 Å². The van der Waals surface area contributed by atoms with Crippen molar-refractivity contribution in [2.45, 2.75) is 26.4 Å². The first-order valence-corrected chi connectivity index (χ1v) is 11.3. The number of benzene rings is 1. The van der Waals surface area contributed by atoms with E-state index in [2.05, 4.69) is 20.3 Å². The molecule has 3 heterocycles. The van der Waals surface area contributed by atoms with Gasteiger partial charge in [0, 0.05) is 38.0 Å². The van der Waals surface area contributed by atoms with Crippen LogP contribution in [0.25, 0.3) is 10.2 Å². The Morgan fingerprint density at radius 1 is 1.15 bits per heavy atom. The van der Waals surface area contributed by atoms with Crippen molar-refractivity contribution in [3.8, 4) is 5.88 Å². The number of amides is 1. The van der Waals surface area contributed by atoms with Crippen molar-refractivity contribution in [2.75, 3.05) is 19.5 Å². The zero-order valence-corrected chi connectivity index (χ0v) is 19.7. The Kier molecular flexibility index (Phi) is 6.97. The average molecular weight is 484 g/mol. The summed E-state index contributed by atoms with van der Waals surface area (Å²) in [7, 11) is 3.29. The van der Waals surface area contributed by atoms with Gasteiger partial charge in [-0.15, -0.1) is 11.3 Å². The predicted molar refractivity (Wildman–Crippen MR) is 127 cm³/mol. The molecule has 0 bridgehead atoms. The number of fused-ring (bicyclic) bond motifs is 1. The fourth-order valence-corrected chi connectivity index (χ4v) is 4.70. The number of thiophene rings is 1. The molecular formula is C24H23F2N5O2S. The second-order valence-corrected chi connectivity index (χ2v) is 8.72. The summed E-state index contributed by atoms with van der Waals surface area (Å²) in [6, 6.07) is 9.78. The second kappa shape index (κ2) is 10.1. The number of methoxy groups -OCH3 is 1. The number of halogens is 2. The molecule has 4 rings (SSSR count). The van der Waals surface area contributed by atoms with Crippen molar-refractivity contribution in [2.24, 2.45) is 0 Å². The summed E-state index contributed by atoms with van der Waals surface area (Å²) in [5.74, 6) is 0.966. The molecule has 0 radical (unpaired) electrons. The van der Waals surface area contributed by atoms with Crippen LogP contribution in [0.1, 0.15) is 38.4 Å². The summed E-state index contributed by atoms with van der Waals surface area (Å²) < 4.78 is 30.7. The molecule has 7 nitrogen and oxygen atoms in total. The first-order valence-electron chi connectivity index (χ1n) is 10.5. The van der Waals surface area contributed by atoms with E-state index in [1.807, 2.05) is 13.0 Å². The smallest absolute Gasteiger partial charge is 0.264 e. The lowest BCUT2D eigenvalue weighted by Crippen LogP contribution is -2.26. The molecule has 1 amide bonds. The van der Waals surface area contributed by atoms with Crippen molar-refractivity contribution >= 4 is 33.3 Å². The van der Waals surface area contributed by atoms with Crippen molar-refractivity contribution in [1.29, 1.82) is 0 Å². The number of hydrogen-bond acceptors (Lipinski definition) is 7. The van der Waals surface area contributed by atoms with Crippen molar-refractivity contribution in [3.05, 3.63) is 76.1 Å². The zero-order chi connectivity index (χ0) is 24.2. The highest BCUT2D eigenvalue weighted by molar-refractivity contribution is 7.20. The third kappa shape index (κ3) is 4.96. The van der Waals surface area contributed by atoms with Crippen LogP contribution in [0.4, 0.5) is 14.6 Å². The molecule has 0 atom stereocenters. The molecule has 4 aromatic rings. The molecule has 3 aromatic heterocycles. The van der Waals surface area contributed by atoms with E-state index in [4.69, 9.17) is 4.74 Å². The van der Waals surface area contributed by atoms with Crippen LogP contribution in [-0.2, 0) is 13.1 Å². The van der Waals surface area contributed by atoms with Gasteiger partial charge in [-0.3, -0.25) is 4.79 Å². The van der Waals surface area contributed by atoms with Gasteiger partial charge in [0.15, 0.2) is 0 Å². The molecule has 0 aliphatic carbocycles. The summed E-state index contributed by atoms with van der Waals surface area (Å²) in [6.07, 6.45) is 0.597. The average Bonchev–Trinajstić information content (AvgIpc) is 3.19. The summed E-state index contributed by atoms with van der Waals surface area (Å²) in [4.78, 5) is 28.9. The molecule has 0 spiro atoms. The van der Waals surface area contributed by atoms with Gasteiger partial charge < -0.3 is 15.0 Å². The van der Waals surface area contributed by atoms with Crippen LogP contribution < -0.4 is 10.1 Å². The zero-order valence-electron chi connectivity index (χ0n) is 18.9. The Hall–Kier alpha value is -3.66. The maximum atomic E-state index is 13.2. The highest BCUT2D eigenvalue weighted by Crippen LogP contribution is 2.34. The topological polar surface area (TPSA) is 80.2 Å². The molecule has 1 aromatic carbocycles. The third-order valence-electron chi connectivity index (χ3n) is 5.39. The minimum absolute atomic E-state index is 0.0145. The van der Waals surface area contributed by atoms with Gasteiger partial charge in [-0.2, -0.15) is 0 Å². The number of ether oxygens (including phenoxy) is 1. The van der Waals surface area contributed by atoms with Gasteiger partial charge in [-0.25, -0.2) is 23.7 Å². The maximum Gasteiger partial charge on any atom is 0.264 e. The van der Waals surface area contributed by atoms with Crippen LogP contribution in [0.2, 0.25) is 0 Å². The van der Waals surface area contributed by atoms with E-state index in [0.29, 0.717) is 34.5 Å². The Morgan fingerprint density at radius 2 is 1.91 bits per heavy atom. The van der Waals surface area contributed by atoms with E-state index in [1.54, 1.807) is 43.5 Å². The number of aromatic nitrogens is 3. The molecular weight excluding hydrogens is 460 g/mol. The van der Waals surface area contributed by atoms with Crippen LogP contribution in [0, 0.1) is 6.92 Å². The van der Waals surface area contributed by atoms with Crippen LogP contribution in [0.15, 0.2) is 48.9 Å².